The first-order valence-corrected chi connectivity index (χ1v) is 8.41. The van der Waals surface area contributed by atoms with Crippen molar-refractivity contribution in [3.8, 4) is 11.1 Å². The van der Waals surface area contributed by atoms with Crippen LogP contribution in [0.2, 0.25) is 0 Å². The molecule has 0 fully saturated rings. The molecule has 2 heterocycles. The predicted octanol–water partition coefficient (Wildman–Crippen LogP) is 5.80. The summed E-state index contributed by atoms with van der Waals surface area (Å²) in [5, 5.41) is 4.52. The lowest BCUT2D eigenvalue weighted by Crippen LogP contribution is -1.92. The lowest BCUT2D eigenvalue weighted by molar-refractivity contribution is 1.32. The van der Waals surface area contributed by atoms with E-state index in [9.17, 15) is 0 Å². The maximum Gasteiger partial charge on any atom is 0.0780 e. The number of hydrogen-bond acceptors (Lipinski definition) is 3. The Hall–Kier alpha value is -2.72. The lowest BCUT2D eigenvalue weighted by atomic mass is 10.0. The molecule has 2 aromatic heterocycles. The molecule has 0 aliphatic heterocycles. The fraction of sp³-hybridized carbons (Fsp3) is 0. The van der Waals surface area contributed by atoms with Crippen molar-refractivity contribution < 1.29 is 0 Å². The second-order valence-corrected chi connectivity index (χ2v) is 6.39. The van der Waals surface area contributed by atoms with Gasteiger partial charge in [-0.3, -0.25) is 9.97 Å². The SMILES string of the molecule is Brc1cccc(Nc2cncc(-c3cccc4cccnc34)c2)c1. The van der Waals surface area contributed by atoms with Crippen molar-refractivity contribution in [2.24, 2.45) is 0 Å². The Labute approximate surface area is 148 Å². The van der Waals surface area contributed by atoms with E-state index in [0.29, 0.717) is 0 Å². The number of aromatic nitrogens is 2. The monoisotopic (exact) mass is 375 g/mol. The maximum absolute atomic E-state index is 4.53. The summed E-state index contributed by atoms with van der Waals surface area (Å²) in [6.07, 6.45) is 5.52. The van der Waals surface area contributed by atoms with Crippen molar-refractivity contribution >= 4 is 38.2 Å². The van der Waals surface area contributed by atoms with Crippen molar-refractivity contribution in [3.05, 3.63) is 83.7 Å². The van der Waals surface area contributed by atoms with Crippen LogP contribution < -0.4 is 5.32 Å². The molecule has 0 saturated heterocycles. The highest BCUT2D eigenvalue weighted by molar-refractivity contribution is 9.10. The van der Waals surface area contributed by atoms with E-state index in [1.165, 1.54) is 0 Å². The van der Waals surface area contributed by atoms with Crippen LogP contribution in [-0.2, 0) is 0 Å². The van der Waals surface area contributed by atoms with Gasteiger partial charge in [-0.1, -0.05) is 46.3 Å². The Morgan fingerprint density at radius 3 is 2.62 bits per heavy atom. The van der Waals surface area contributed by atoms with E-state index >= 15 is 0 Å². The normalized spacial score (nSPS) is 10.7. The van der Waals surface area contributed by atoms with Crippen molar-refractivity contribution in [2.45, 2.75) is 0 Å². The molecule has 0 spiro atoms. The number of para-hydroxylation sites is 1. The van der Waals surface area contributed by atoms with Crippen LogP contribution >= 0.6 is 15.9 Å². The van der Waals surface area contributed by atoms with Crippen LogP contribution in [0, 0.1) is 0 Å². The van der Waals surface area contributed by atoms with Crippen LogP contribution in [0.5, 0.6) is 0 Å². The van der Waals surface area contributed by atoms with Crippen molar-refractivity contribution in [3.63, 3.8) is 0 Å². The summed E-state index contributed by atoms with van der Waals surface area (Å²) in [6.45, 7) is 0. The van der Waals surface area contributed by atoms with E-state index in [0.717, 1.165) is 37.9 Å². The van der Waals surface area contributed by atoms with Gasteiger partial charge in [-0.15, -0.1) is 0 Å². The van der Waals surface area contributed by atoms with Crippen LogP contribution in [-0.4, -0.2) is 9.97 Å². The zero-order valence-electron chi connectivity index (χ0n) is 12.8. The molecule has 2 aromatic carbocycles. The third kappa shape index (κ3) is 3.01. The van der Waals surface area contributed by atoms with Crippen molar-refractivity contribution in [1.82, 2.24) is 9.97 Å². The van der Waals surface area contributed by atoms with Gasteiger partial charge in [0.1, 0.15) is 0 Å². The van der Waals surface area contributed by atoms with Gasteiger partial charge in [0.2, 0.25) is 0 Å². The molecule has 1 N–H and O–H groups in total. The van der Waals surface area contributed by atoms with Crippen LogP contribution in [0.1, 0.15) is 0 Å². The number of fused-ring (bicyclic) bond motifs is 1. The summed E-state index contributed by atoms with van der Waals surface area (Å²) in [7, 11) is 0. The minimum absolute atomic E-state index is 0.943. The van der Waals surface area contributed by atoms with Gasteiger partial charge in [0, 0.05) is 39.1 Å². The fourth-order valence-corrected chi connectivity index (χ4v) is 3.12. The van der Waals surface area contributed by atoms with Gasteiger partial charge in [-0.05, 0) is 30.3 Å². The molecule has 0 amide bonds. The minimum atomic E-state index is 0.943. The van der Waals surface area contributed by atoms with Crippen molar-refractivity contribution in [1.29, 1.82) is 0 Å². The largest absolute Gasteiger partial charge is 0.354 e. The number of nitrogens with one attached hydrogen (secondary N) is 1. The van der Waals surface area contributed by atoms with Crippen LogP contribution in [0.15, 0.2) is 83.7 Å². The number of rotatable bonds is 3. The molecule has 4 rings (SSSR count). The van der Waals surface area contributed by atoms with Crippen LogP contribution in [0.3, 0.4) is 0 Å². The van der Waals surface area contributed by atoms with E-state index in [1.807, 2.05) is 55.0 Å². The first-order chi connectivity index (χ1) is 11.8. The minimum Gasteiger partial charge on any atom is -0.354 e. The molecule has 0 bridgehead atoms. The number of hydrogen-bond donors (Lipinski definition) is 1. The topological polar surface area (TPSA) is 37.8 Å². The van der Waals surface area contributed by atoms with Gasteiger partial charge in [0.05, 0.1) is 17.4 Å². The van der Waals surface area contributed by atoms with Gasteiger partial charge >= 0.3 is 0 Å². The Morgan fingerprint density at radius 2 is 1.71 bits per heavy atom. The summed E-state index contributed by atoms with van der Waals surface area (Å²) in [4.78, 5) is 8.91. The Balaban J connectivity index is 1.74. The summed E-state index contributed by atoms with van der Waals surface area (Å²) in [5.74, 6) is 0. The molecule has 0 radical (unpaired) electrons. The van der Waals surface area contributed by atoms with E-state index in [4.69, 9.17) is 0 Å². The first kappa shape index (κ1) is 14.8. The number of pyridine rings is 2. The number of nitrogens with zero attached hydrogens (tertiary/aromatic N) is 2. The molecule has 24 heavy (non-hydrogen) atoms. The average Bonchev–Trinajstić information content (AvgIpc) is 2.61. The molecule has 0 unspecified atom stereocenters. The molecule has 4 aromatic rings. The van der Waals surface area contributed by atoms with E-state index in [2.05, 4.69) is 55.5 Å². The standard InChI is InChI=1S/C20H14BrN3/c21-16-6-2-7-17(11-16)24-18-10-15(12-22-13-18)19-8-1-4-14-5-3-9-23-20(14)19/h1-13,24H. The van der Waals surface area contributed by atoms with Crippen LogP contribution in [0.25, 0.3) is 22.0 Å². The highest BCUT2D eigenvalue weighted by atomic mass is 79.9. The Morgan fingerprint density at radius 1 is 0.833 bits per heavy atom. The van der Waals surface area contributed by atoms with E-state index < -0.39 is 0 Å². The van der Waals surface area contributed by atoms with Crippen LogP contribution in [0.4, 0.5) is 11.4 Å². The molecular weight excluding hydrogens is 362 g/mol. The molecule has 0 saturated carbocycles. The summed E-state index contributed by atoms with van der Waals surface area (Å²) in [5.41, 5.74) is 5.07. The highest BCUT2D eigenvalue weighted by Crippen LogP contribution is 2.29. The number of halogens is 1. The first-order valence-electron chi connectivity index (χ1n) is 7.61. The lowest BCUT2D eigenvalue weighted by Gasteiger charge is -2.10. The second kappa shape index (κ2) is 6.42. The molecule has 0 atom stereocenters. The Bertz CT molecular complexity index is 1010. The predicted molar refractivity (Wildman–Crippen MR) is 102 cm³/mol. The molecule has 116 valence electrons. The van der Waals surface area contributed by atoms with E-state index in [-0.39, 0.29) is 0 Å². The van der Waals surface area contributed by atoms with Crippen molar-refractivity contribution in [2.75, 3.05) is 5.32 Å². The fourth-order valence-electron chi connectivity index (χ4n) is 2.73. The molecule has 4 heteroatoms. The molecule has 3 nitrogen and oxygen atoms in total. The third-order valence-electron chi connectivity index (χ3n) is 3.80. The molecule has 0 aliphatic carbocycles. The second-order valence-electron chi connectivity index (χ2n) is 5.48. The smallest absolute Gasteiger partial charge is 0.0780 e. The summed E-state index contributed by atoms with van der Waals surface area (Å²) in [6, 6.07) is 20.4. The molecule has 0 aliphatic rings. The van der Waals surface area contributed by atoms with Gasteiger partial charge in [-0.25, -0.2) is 0 Å². The summed E-state index contributed by atoms with van der Waals surface area (Å²) >= 11 is 3.49. The highest BCUT2D eigenvalue weighted by Gasteiger charge is 2.06. The number of benzene rings is 2. The van der Waals surface area contributed by atoms with Gasteiger partial charge < -0.3 is 5.32 Å². The Kier molecular flexibility index (Phi) is 3.97. The van der Waals surface area contributed by atoms with E-state index in [1.54, 1.807) is 0 Å². The zero-order chi connectivity index (χ0) is 16.4. The third-order valence-corrected chi connectivity index (χ3v) is 4.29. The van der Waals surface area contributed by atoms with Gasteiger partial charge in [0.15, 0.2) is 0 Å². The number of anilines is 2. The quantitative estimate of drug-likeness (QED) is 0.491. The molecular formula is C20H14BrN3. The summed E-state index contributed by atoms with van der Waals surface area (Å²) < 4.78 is 1.04. The van der Waals surface area contributed by atoms with Gasteiger partial charge in [0.25, 0.3) is 0 Å². The van der Waals surface area contributed by atoms with Gasteiger partial charge in [-0.2, -0.15) is 0 Å². The zero-order valence-corrected chi connectivity index (χ0v) is 14.4. The maximum atomic E-state index is 4.53. The average molecular weight is 376 g/mol.